The Morgan fingerprint density at radius 1 is 1.11 bits per heavy atom. The molecule has 0 heterocycles. The highest BCUT2D eigenvalue weighted by molar-refractivity contribution is 5.82. The molecule has 8 heteroatoms. The van der Waals surface area contributed by atoms with Crippen molar-refractivity contribution in [3.05, 3.63) is 35.9 Å². The fourth-order valence-electron chi connectivity index (χ4n) is 2.09. The maximum atomic E-state index is 12.4. The van der Waals surface area contributed by atoms with E-state index in [0.717, 1.165) is 18.4 Å². The molecule has 0 saturated carbocycles. The third-order valence-corrected chi connectivity index (χ3v) is 3.61. The monoisotopic (exact) mass is 380 g/mol. The molecule has 1 aromatic rings. The summed E-state index contributed by atoms with van der Waals surface area (Å²) in [5.41, 5.74) is 0.827. The van der Waals surface area contributed by atoms with Crippen LogP contribution in [0.15, 0.2) is 30.3 Å². The smallest absolute Gasteiger partial charge is 0.407 e. The normalized spacial score (nSPS) is 11.3. The molecule has 1 rings (SSSR count). The molecule has 1 unspecified atom stereocenters. The molecular weight excluding hydrogens is 352 g/mol. The van der Waals surface area contributed by atoms with Crippen LogP contribution in [0.5, 0.6) is 0 Å². The van der Waals surface area contributed by atoms with Crippen molar-refractivity contribution in [2.24, 2.45) is 0 Å². The Morgan fingerprint density at radius 3 is 2.52 bits per heavy atom. The van der Waals surface area contributed by atoms with Crippen molar-refractivity contribution in [1.29, 1.82) is 0 Å². The van der Waals surface area contributed by atoms with Gasteiger partial charge in [-0.15, -0.1) is 0 Å². The minimum absolute atomic E-state index is 0.0315. The molecule has 0 fully saturated rings. The van der Waals surface area contributed by atoms with Gasteiger partial charge < -0.3 is 24.8 Å². The summed E-state index contributed by atoms with van der Waals surface area (Å²) in [5.74, 6) is -0.912. The van der Waals surface area contributed by atoms with Crippen LogP contribution >= 0.6 is 0 Å². The van der Waals surface area contributed by atoms with Gasteiger partial charge in [0.1, 0.15) is 19.4 Å². The van der Waals surface area contributed by atoms with Crippen LogP contribution in [0.4, 0.5) is 4.79 Å². The molecule has 27 heavy (non-hydrogen) atoms. The topological polar surface area (TPSA) is 103 Å². The van der Waals surface area contributed by atoms with Gasteiger partial charge in [-0.3, -0.25) is 4.79 Å². The summed E-state index contributed by atoms with van der Waals surface area (Å²) >= 11 is 0. The highest BCUT2D eigenvalue weighted by atomic mass is 16.6. The number of hydrogen-bond acceptors (Lipinski definition) is 6. The van der Waals surface area contributed by atoms with Gasteiger partial charge in [0.25, 0.3) is 0 Å². The number of unbranched alkanes of at least 4 members (excludes halogenated alkanes) is 1. The summed E-state index contributed by atoms with van der Waals surface area (Å²) in [5, 5.41) is 5.00. The van der Waals surface area contributed by atoms with Crippen molar-refractivity contribution < 1.29 is 28.6 Å². The van der Waals surface area contributed by atoms with Crippen LogP contribution in [0.25, 0.3) is 0 Å². The van der Waals surface area contributed by atoms with Crippen LogP contribution in [0.2, 0.25) is 0 Å². The molecule has 8 nitrogen and oxygen atoms in total. The number of hydrogen-bond donors (Lipinski definition) is 2. The number of nitrogens with one attached hydrogen (secondary N) is 2. The number of rotatable bonds is 12. The molecule has 0 aromatic heterocycles. The Balaban J connectivity index is 2.57. The first-order chi connectivity index (χ1) is 13.1. The van der Waals surface area contributed by atoms with Gasteiger partial charge in [-0.2, -0.15) is 0 Å². The first-order valence-electron chi connectivity index (χ1n) is 8.96. The standard InChI is InChI=1S/C19H28N2O6/c1-3-4-12-26-19(24)21-16(10-11-17(22)20-14-25-2)18(23)27-13-15-8-6-5-7-9-15/h5-9,16H,3-4,10-14H2,1-2H3,(H,20,22)(H,21,24). The molecule has 150 valence electrons. The van der Waals surface area contributed by atoms with Gasteiger partial charge in [-0.1, -0.05) is 43.7 Å². The lowest BCUT2D eigenvalue weighted by atomic mass is 10.1. The Morgan fingerprint density at radius 2 is 1.85 bits per heavy atom. The molecule has 0 aliphatic heterocycles. The SMILES string of the molecule is CCCCOC(=O)NC(CCC(=O)NCOC)C(=O)OCc1ccccc1. The summed E-state index contributed by atoms with van der Waals surface area (Å²) in [6, 6.07) is 8.21. The number of amides is 2. The predicted octanol–water partition coefficient (Wildman–Crippen LogP) is 2.12. The minimum Gasteiger partial charge on any atom is -0.459 e. The van der Waals surface area contributed by atoms with Crippen molar-refractivity contribution in [1.82, 2.24) is 10.6 Å². The molecular formula is C19H28N2O6. The summed E-state index contributed by atoms with van der Waals surface area (Å²) < 4.78 is 15.0. The van der Waals surface area contributed by atoms with Crippen LogP contribution in [-0.2, 0) is 30.4 Å². The lowest BCUT2D eigenvalue weighted by molar-refractivity contribution is -0.147. The molecule has 0 radical (unpaired) electrons. The second kappa shape index (κ2) is 13.6. The van der Waals surface area contributed by atoms with Crippen LogP contribution in [0.3, 0.4) is 0 Å². The van der Waals surface area contributed by atoms with Gasteiger partial charge in [-0.25, -0.2) is 9.59 Å². The molecule has 2 N–H and O–H groups in total. The summed E-state index contributed by atoms with van der Waals surface area (Å²) in [4.78, 5) is 35.9. The molecule has 1 aromatic carbocycles. The molecule has 0 spiro atoms. The van der Waals surface area contributed by atoms with Crippen LogP contribution in [0.1, 0.15) is 38.2 Å². The van der Waals surface area contributed by atoms with Gasteiger partial charge in [0.15, 0.2) is 0 Å². The van der Waals surface area contributed by atoms with Crippen molar-refractivity contribution in [3.8, 4) is 0 Å². The molecule has 0 bridgehead atoms. The maximum Gasteiger partial charge on any atom is 0.407 e. The van der Waals surface area contributed by atoms with Crippen molar-refractivity contribution in [2.45, 2.75) is 45.3 Å². The largest absolute Gasteiger partial charge is 0.459 e. The summed E-state index contributed by atoms with van der Waals surface area (Å²) in [7, 11) is 1.46. The van der Waals surface area contributed by atoms with Gasteiger partial charge in [0.2, 0.25) is 5.91 Å². The lowest BCUT2D eigenvalue weighted by Crippen LogP contribution is -2.43. The first kappa shape index (κ1) is 22.4. The van der Waals surface area contributed by atoms with Crippen molar-refractivity contribution in [3.63, 3.8) is 0 Å². The lowest BCUT2D eigenvalue weighted by Gasteiger charge is -2.17. The van der Waals surface area contributed by atoms with E-state index in [1.54, 1.807) is 0 Å². The zero-order valence-electron chi connectivity index (χ0n) is 15.9. The number of alkyl carbamates (subject to hydrolysis) is 1. The van der Waals surface area contributed by atoms with Crippen molar-refractivity contribution >= 4 is 18.0 Å². The Hall–Kier alpha value is -2.61. The number of carbonyl (C=O) groups excluding carboxylic acids is 3. The fraction of sp³-hybridized carbons (Fsp3) is 0.526. The quantitative estimate of drug-likeness (QED) is 0.327. The Bertz CT molecular complexity index is 579. The summed E-state index contributed by atoms with van der Waals surface area (Å²) in [6.45, 7) is 2.40. The van der Waals surface area contributed by atoms with E-state index in [4.69, 9.17) is 14.2 Å². The van der Waals surface area contributed by atoms with Crippen LogP contribution in [-0.4, -0.2) is 44.5 Å². The van der Waals surface area contributed by atoms with Gasteiger partial charge in [0, 0.05) is 13.5 Å². The molecule has 0 aliphatic rings. The highest BCUT2D eigenvalue weighted by Gasteiger charge is 2.24. The van der Waals surface area contributed by atoms with E-state index in [2.05, 4.69) is 10.6 Å². The van der Waals surface area contributed by atoms with E-state index in [1.807, 2.05) is 37.3 Å². The number of benzene rings is 1. The Kier molecular flexibility index (Phi) is 11.3. The van der Waals surface area contributed by atoms with E-state index in [9.17, 15) is 14.4 Å². The number of methoxy groups -OCH3 is 1. The van der Waals surface area contributed by atoms with Crippen LogP contribution < -0.4 is 10.6 Å². The van der Waals surface area contributed by atoms with E-state index >= 15 is 0 Å². The van der Waals surface area contributed by atoms with Gasteiger partial charge in [-0.05, 0) is 18.4 Å². The maximum absolute atomic E-state index is 12.4. The number of carbonyl (C=O) groups is 3. The number of ether oxygens (including phenoxy) is 3. The second-order valence-electron chi connectivity index (χ2n) is 5.85. The average molecular weight is 380 g/mol. The van der Waals surface area contributed by atoms with E-state index in [-0.39, 0.29) is 38.7 Å². The molecule has 0 aliphatic carbocycles. The van der Waals surface area contributed by atoms with Crippen molar-refractivity contribution in [2.75, 3.05) is 20.4 Å². The summed E-state index contributed by atoms with van der Waals surface area (Å²) in [6.07, 6.45) is 1.03. The average Bonchev–Trinajstić information content (AvgIpc) is 2.68. The van der Waals surface area contributed by atoms with E-state index < -0.39 is 18.1 Å². The first-order valence-corrected chi connectivity index (χ1v) is 8.96. The molecule has 2 amide bonds. The Labute approximate surface area is 159 Å². The molecule has 1 atom stereocenters. The number of esters is 1. The van der Waals surface area contributed by atoms with Gasteiger partial charge >= 0.3 is 12.1 Å². The minimum atomic E-state index is -0.976. The predicted molar refractivity (Wildman–Crippen MR) is 98.7 cm³/mol. The molecule has 0 saturated heterocycles. The van der Waals surface area contributed by atoms with E-state index in [1.165, 1.54) is 7.11 Å². The second-order valence-corrected chi connectivity index (χ2v) is 5.85. The fourth-order valence-corrected chi connectivity index (χ4v) is 2.09. The van der Waals surface area contributed by atoms with Crippen LogP contribution in [0, 0.1) is 0 Å². The third kappa shape index (κ3) is 10.2. The zero-order chi connectivity index (χ0) is 19.9. The van der Waals surface area contributed by atoms with E-state index in [0.29, 0.717) is 0 Å². The third-order valence-electron chi connectivity index (χ3n) is 3.61. The van der Waals surface area contributed by atoms with Gasteiger partial charge in [0.05, 0.1) is 6.61 Å². The zero-order valence-corrected chi connectivity index (χ0v) is 15.9. The highest BCUT2D eigenvalue weighted by Crippen LogP contribution is 2.06.